The Kier molecular flexibility index (Phi) is 11.6. The smallest absolute Gasteiger partial charge is 0.490 e. The number of amides is 1. The number of fused-ring (bicyclic) bond motifs is 1. The number of thiophene rings is 1. The number of aliphatic carboxylic acids is 1. The Morgan fingerprint density at radius 1 is 1.14 bits per heavy atom. The van der Waals surface area contributed by atoms with Crippen molar-refractivity contribution in [2.45, 2.75) is 29.5 Å². The number of hydrogen-bond donors (Lipinski definition) is 4. The van der Waals surface area contributed by atoms with E-state index in [1.165, 1.54) is 26.4 Å². The number of hydrogen-bond acceptors (Lipinski definition) is 9. The highest BCUT2D eigenvalue weighted by molar-refractivity contribution is 7.94. The minimum absolute atomic E-state index is 0.0788. The molecule has 2 aromatic heterocycles. The summed E-state index contributed by atoms with van der Waals surface area (Å²) < 4.78 is 72.8. The summed E-state index contributed by atoms with van der Waals surface area (Å²) in [4.78, 5) is 21.0. The Bertz CT molecular complexity index is 1730. The molecule has 1 amide bonds. The molecule has 1 unspecified atom stereocenters. The third-order valence-electron chi connectivity index (χ3n) is 5.72. The van der Waals surface area contributed by atoms with E-state index < -0.39 is 28.2 Å². The number of carboxylic acid groups (broad SMARTS) is 1. The zero-order valence-electron chi connectivity index (χ0n) is 23.1. The lowest BCUT2D eigenvalue weighted by atomic mass is 10.1. The second kappa shape index (κ2) is 14.7. The van der Waals surface area contributed by atoms with Gasteiger partial charge in [0, 0.05) is 13.7 Å². The van der Waals surface area contributed by atoms with Crippen LogP contribution in [0.25, 0.3) is 10.9 Å². The van der Waals surface area contributed by atoms with Crippen molar-refractivity contribution in [1.82, 2.24) is 15.1 Å². The number of anilines is 1. The van der Waals surface area contributed by atoms with Crippen LogP contribution >= 0.6 is 22.9 Å². The highest BCUT2D eigenvalue weighted by Gasteiger charge is 2.38. The molecule has 18 heteroatoms. The standard InChI is InChI=1S/C24H26ClN5O5S2.C2HF3O2/c1-34-14-17(26)24(31)27-12-15-5-3-6-16(11-15)13-30-18-7-4-8-19(35-2)22(18)23(28-30)29-37(32,33)21-10-9-20(25)36-21;3-2(4,5)1(6)7/h3-11,17H,12-14,26H2,1-2H3,(H,27,31)(H,28,29);(H,6,7). The second-order valence-electron chi connectivity index (χ2n) is 8.93. The quantitative estimate of drug-likeness (QED) is 0.184. The van der Waals surface area contributed by atoms with Crippen LogP contribution in [0.5, 0.6) is 5.75 Å². The number of nitrogens with zero attached hydrogens (tertiary/aromatic N) is 2. The van der Waals surface area contributed by atoms with Crippen molar-refractivity contribution in [2.75, 3.05) is 25.5 Å². The first-order chi connectivity index (χ1) is 20.7. The van der Waals surface area contributed by atoms with Gasteiger partial charge in [-0.2, -0.15) is 18.3 Å². The minimum atomic E-state index is -5.08. The van der Waals surface area contributed by atoms with Crippen LogP contribution in [-0.4, -0.2) is 68.2 Å². The molecule has 0 spiro atoms. The molecule has 0 bridgehead atoms. The summed E-state index contributed by atoms with van der Waals surface area (Å²) in [7, 11) is -0.910. The van der Waals surface area contributed by atoms with Gasteiger partial charge >= 0.3 is 12.1 Å². The normalized spacial score (nSPS) is 12.2. The zero-order valence-corrected chi connectivity index (χ0v) is 25.5. The molecule has 0 radical (unpaired) electrons. The van der Waals surface area contributed by atoms with Crippen LogP contribution in [-0.2, 0) is 37.4 Å². The predicted octanol–water partition coefficient (Wildman–Crippen LogP) is 3.83. The molecule has 1 atom stereocenters. The van der Waals surface area contributed by atoms with Crippen molar-refractivity contribution in [1.29, 1.82) is 0 Å². The Morgan fingerprint density at radius 2 is 1.80 bits per heavy atom. The van der Waals surface area contributed by atoms with Crippen LogP contribution in [0.3, 0.4) is 0 Å². The predicted molar refractivity (Wildman–Crippen MR) is 157 cm³/mol. The maximum atomic E-state index is 13.0. The molecule has 4 aromatic rings. The molecular weight excluding hydrogens is 651 g/mol. The first-order valence-corrected chi connectivity index (χ1v) is 15.1. The molecule has 2 heterocycles. The number of methoxy groups -OCH3 is 2. The van der Waals surface area contributed by atoms with Crippen molar-refractivity contribution in [2.24, 2.45) is 5.73 Å². The second-order valence-corrected chi connectivity index (χ2v) is 12.6. The van der Waals surface area contributed by atoms with Gasteiger partial charge in [-0.1, -0.05) is 41.9 Å². The van der Waals surface area contributed by atoms with Gasteiger partial charge in [0.25, 0.3) is 10.0 Å². The van der Waals surface area contributed by atoms with Gasteiger partial charge < -0.3 is 25.6 Å². The Labute approximate surface area is 258 Å². The topological polar surface area (TPSA) is 175 Å². The highest BCUT2D eigenvalue weighted by Crippen LogP contribution is 2.35. The third kappa shape index (κ3) is 9.06. The van der Waals surface area contributed by atoms with E-state index in [0.717, 1.165) is 22.5 Å². The SMILES string of the molecule is COCC(N)C(=O)NCc1cccc(Cn2nc(NS(=O)(=O)c3ccc(Cl)s3)c3c(OC)cccc32)c1.O=C(O)C(F)(F)F. The first kappa shape index (κ1) is 34.6. The number of nitrogens with two attached hydrogens (primary N) is 1. The number of halogens is 4. The fourth-order valence-corrected chi connectivity index (χ4v) is 6.26. The zero-order chi connectivity index (χ0) is 32.7. The monoisotopic (exact) mass is 677 g/mol. The van der Waals surface area contributed by atoms with Gasteiger partial charge in [-0.25, -0.2) is 13.2 Å². The van der Waals surface area contributed by atoms with Gasteiger partial charge in [0.2, 0.25) is 5.91 Å². The molecule has 5 N–H and O–H groups in total. The maximum Gasteiger partial charge on any atom is 0.490 e. The Morgan fingerprint density at radius 3 is 2.39 bits per heavy atom. The van der Waals surface area contributed by atoms with E-state index >= 15 is 0 Å². The van der Waals surface area contributed by atoms with Crippen LogP contribution in [0.1, 0.15) is 11.1 Å². The summed E-state index contributed by atoms with van der Waals surface area (Å²) in [6, 6.07) is 15.2. The summed E-state index contributed by atoms with van der Waals surface area (Å²) >= 11 is 6.90. The van der Waals surface area contributed by atoms with Crippen molar-refractivity contribution in [3.8, 4) is 5.75 Å². The summed E-state index contributed by atoms with van der Waals surface area (Å²) in [6.07, 6.45) is -5.08. The van der Waals surface area contributed by atoms with Crippen LogP contribution in [0.4, 0.5) is 19.0 Å². The lowest BCUT2D eigenvalue weighted by Gasteiger charge is -2.12. The molecule has 0 saturated heterocycles. The number of nitrogens with one attached hydrogen (secondary N) is 2. The van der Waals surface area contributed by atoms with E-state index in [1.54, 1.807) is 10.7 Å². The lowest BCUT2D eigenvalue weighted by molar-refractivity contribution is -0.192. The van der Waals surface area contributed by atoms with E-state index in [2.05, 4.69) is 15.1 Å². The fourth-order valence-electron chi connectivity index (χ4n) is 3.77. The van der Waals surface area contributed by atoms with Crippen molar-refractivity contribution in [3.63, 3.8) is 0 Å². The maximum absolute atomic E-state index is 13.0. The van der Waals surface area contributed by atoms with Crippen LogP contribution in [0.2, 0.25) is 4.34 Å². The lowest BCUT2D eigenvalue weighted by Crippen LogP contribution is -2.43. The number of rotatable bonds is 11. The average molecular weight is 678 g/mol. The molecule has 0 fully saturated rings. The molecular formula is C26H27ClF3N5O7S2. The highest BCUT2D eigenvalue weighted by atomic mass is 35.5. The summed E-state index contributed by atoms with van der Waals surface area (Å²) in [5.74, 6) is -2.43. The Hall–Kier alpha value is -3.90. The van der Waals surface area contributed by atoms with E-state index in [9.17, 15) is 26.4 Å². The van der Waals surface area contributed by atoms with E-state index in [-0.39, 0.29) is 22.5 Å². The fraction of sp³-hybridized carbons (Fsp3) is 0.269. The molecule has 0 aliphatic heterocycles. The Balaban J connectivity index is 0.000000676. The van der Waals surface area contributed by atoms with Gasteiger partial charge in [-0.15, -0.1) is 11.3 Å². The molecule has 0 aliphatic carbocycles. The van der Waals surface area contributed by atoms with Gasteiger partial charge in [-0.05, 0) is 35.4 Å². The largest absolute Gasteiger partial charge is 0.496 e. The summed E-state index contributed by atoms with van der Waals surface area (Å²) in [5.41, 5.74) is 8.23. The van der Waals surface area contributed by atoms with Gasteiger partial charge in [0.1, 0.15) is 16.0 Å². The number of carbonyl (C=O) groups excluding carboxylic acids is 1. The van der Waals surface area contributed by atoms with Crippen LogP contribution in [0, 0.1) is 0 Å². The molecule has 0 saturated carbocycles. The van der Waals surface area contributed by atoms with Gasteiger partial charge in [0.15, 0.2) is 5.82 Å². The first-order valence-electron chi connectivity index (χ1n) is 12.4. The number of aromatic nitrogens is 2. The van der Waals surface area contributed by atoms with E-state index in [4.69, 9.17) is 36.7 Å². The van der Waals surface area contributed by atoms with Crippen LogP contribution in [0.15, 0.2) is 58.8 Å². The summed E-state index contributed by atoms with van der Waals surface area (Å²) in [5, 5.41) is 15.0. The van der Waals surface area contributed by atoms with Crippen LogP contribution < -0.4 is 20.5 Å². The molecule has 238 valence electrons. The number of sulfonamides is 1. The van der Waals surface area contributed by atoms with Gasteiger partial charge in [-0.3, -0.25) is 14.2 Å². The van der Waals surface area contributed by atoms with Gasteiger partial charge in [0.05, 0.1) is 35.5 Å². The van der Waals surface area contributed by atoms with Crippen molar-refractivity contribution in [3.05, 3.63) is 70.1 Å². The number of ether oxygens (including phenoxy) is 2. The third-order valence-corrected chi connectivity index (χ3v) is 8.78. The number of benzene rings is 2. The minimum Gasteiger partial charge on any atom is -0.496 e. The number of carboxylic acids is 1. The number of carbonyl (C=O) groups is 2. The number of alkyl halides is 3. The molecule has 0 aliphatic rings. The van der Waals surface area contributed by atoms with E-state index in [1.807, 2.05) is 36.4 Å². The summed E-state index contributed by atoms with van der Waals surface area (Å²) in [6.45, 7) is 0.778. The van der Waals surface area contributed by atoms with Crippen molar-refractivity contribution < 1.29 is 45.8 Å². The molecule has 44 heavy (non-hydrogen) atoms. The average Bonchev–Trinajstić information content (AvgIpc) is 3.55. The molecule has 12 nitrogen and oxygen atoms in total. The molecule has 4 rings (SSSR count). The molecule has 2 aromatic carbocycles. The van der Waals surface area contributed by atoms with Crippen molar-refractivity contribution >= 4 is 61.6 Å². The van der Waals surface area contributed by atoms with E-state index in [0.29, 0.717) is 34.1 Å².